The molecule has 4 heteroatoms. The molecule has 1 amide bonds. The normalized spacial score (nSPS) is 19.6. The van der Waals surface area contributed by atoms with Crippen LogP contribution in [0.5, 0.6) is 5.75 Å². The quantitative estimate of drug-likeness (QED) is 0.917. The van der Waals surface area contributed by atoms with Crippen molar-refractivity contribution < 1.29 is 9.53 Å². The topological polar surface area (TPSA) is 41.6 Å². The highest BCUT2D eigenvalue weighted by molar-refractivity contribution is 5.71. The molecule has 2 fully saturated rings. The molecule has 1 aromatic carbocycles. The van der Waals surface area contributed by atoms with E-state index >= 15 is 0 Å². The summed E-state index contributed by atoms with van der Waals surface area (Å²) in [5, 5.41) is 3.37. The number of nitrogens with zero attached hydrogens (tertiary/aromatic N) is 1. The minimum absolute atomic E-state index is 0.183. The number of nitrogens with one attached hydrogen (secondary N) is 1. The SMILES string of the molecule is O=C(Oc1ccccc1)N(CC1CCNCC1)C1CC1. The molecular weight excluding hydrogens is 252 g/mol. The zero-order valence-corrected chi connectivity index (χ0v) is 11.8. The summed E-state index contributed by atoms with van der Waals surface area (Å²) in [6, 6.07) is 9.75. The summed E-state index contributed by atoms with van der Waals surface area (Å²) in [6.07, 6.45) is 4.37. The van der Waals surface area contributed by atoms with E-state index in [-0.39, 0.29) is 6.09 Å². The lowest BCUT2D eigenvalue weighted by molar-refractivity contribution is 0.135. The molecule has 3 rings (SSSR count). The standard InChI is InChI=1S/C16H22N2O2/c19-16(20-15-4-2-1-3-5-15)18(14-6-7-14)12-13-8-10-17-11-9-13/h1-5,13-14,17H,6-12H2. The summed E-state index contributed by atoms with van der Waals surface area (Å²) in [6.45, 7) is 2.98. The Balaban J connectivity index is 1.59. The van der Waals surface area contributed by atoms with E-state index in [1.54, 1.807) is 0 Å². The first-order chi connectivity index (χ1) is 9.83. The Morgan fingerprint density at radius 3 is 2.50 bits per heavy atom. The van der Waals surface area contributed by atoms with Crippen LogP contribution >= 0.6 is 0 Å². The monoisotopic (exact) mass is 274 g/mol. The molecular formula is C16H22N2O2. The van der Waals surface area contributed by atoms with Gasteiger partial charge in [-0.1, -0.05) is 18.2 Å². The van der Waals surface area contributed by atoms with Crippen molar-refractivity contribution in [1.82, 2.24) is 10.2 Å². The van der Waals surface area contributed by atoms with Crippen molar-refractivity contribution >= 4 is 6.09 Å². The number of ether oxygens (including phenoxy) is 1. The number of para-hydroxylation sites is 1. The Kier molecular flexibility index (Phi) is 4.21. The third-order valence-corrected chi connectivity index (χ3v) is 4.08. The van der Waals surface area contributed by atoms with Gasteiger partial charge in [0, 0.05) is 12.6 Å². The zero-order chi connectivity index (χ0) is 13.8. The fourth-order valence-corrected chi connectivity index (χ4v) is 2.75. The van der Waals surface area contributed by atoms with E-state index in [0.29, 0.717) is 17.7 Å². The molecule has 1 aliphatic heterocycles. The van der Waals surface area contributed by atoms with Crippen LogP contribution in [0.2, 0.25) is 0 Å². The highest BCUT2D eigenvalue weighted by Gasteiger charge is 2.35. The third-order valence-electron chi connectivity index (χ3n) is 4.08. The van der Waals surface area contributed by atoms with Gasteiger partial charge in [-0.3, -0.25) is 0 Å². The van der Waals surface area contributed by atoms with Crippen LogP contribution in [0.3, 0.4) is 0 Å². The molecule has 1 aliphatic carbocycles. The Hall–Kier alpha value is -1.55. The summed E-state index contributed by atoms with van der Waals surface area (Å²) in [5.74, 6) is 1.24. The average Bonchev–Trinajstić information content (AvgIpc) is 3.31. The predicted molar refractivity (Wildman–Crippen MR) is 77.8 cm³/mol. The Morgan fingerprint density at radius 1 is 1.15 bits per heavy atom. The van der Waals surface area contributed by atoms with Crippen LogP contribution in [0.4, 0.5) is 4.79 Å². The maximum Gasteiger partial charge on any atom is 0.415 e. The van der Waals surface area contributed by atoms with Gasteiger partial charge in [0.2, 0.25) is 0 Å². The van der Waals surface area contributed by atoms with Crippen molar-refractivity contribution in [3.8, 4) is 5.75 Å². The van der Waals surface area contributed by atoms with Gasteiger partial charge >= 0.3 is 6.09 Å². The van der Waals surface area contributed by atoms with E-state index in [1.165, 1.54) is 0 Å². The van der Waals surface area contributed by atoms with Crippen molar-refractivity contribution in [2.75, 3.05) is 19.6 Å². The molecule has 0 aromatic heterocycles. The van der Waals surface area contributed by atoms with Crippen LogP contribution in [0.25, 0.3) is 0 Å². The van der Waals surface area contributed by atoms with Crippen molar-refractivity contribution in [2.24, 2.45) is 5.92 Å². The van der Waals surface area contributed by atoms with E-state index in [1.807, 2.05) is 35.2 Å². The summed E-state index contributed by atoms with van der Waals surface area (Å²) in [7, 11) is 0. The third kappa shape index (κ3) is 3.51. The largest absolute Gasteiger partial charge is 0.415 e. The van der Waals surface area contributed by atoms with Crippen LogP contribution in [0, 0.1) is 5.92 Å². The number of carbonyl (C=O) groups is 1. The lowest BCUT2D eigenvalue weighted by atomic mass is 9.97. The maximum absolute atomic E-state index is 12.4. The molecule has 0 unspecified atom stereocenters. The predicted octanol–water partition coefficient (Wildman–Crippen LogP) is 2.65. The molecule has 0 radical (unpaired) electrons. The van der Waals surface area contributed by atoms with Crippen molar-refractivity contribution in [3.63, 3.8) is 0 Å². The summed E-state index contributed by atoms with van der Waals surface area (Å²) < 4.78 is 5.49. The summed E-state index contributed by atoms with van der Waals surface area (Å²) >= 11 is 0. The first kappa shape index (κ1) is 13.4. The molecule has 1 saturated heterocycles. The summed E-state index contributed by atoms with van der Waals surface area (Å²) in [5.41, 5.74) is 0. The van der Waals surface area contributed by atoms with E-state index in [2.05, 4.69) is 5.32 Å². The Bertz CT molecular complexity index is 439. The number of benzene rings is 1. The maximum atomic E-state index is 12.4. The molecule has 0 spiro atoms. The van der Waals surface area contributed by atoms with Gasteiger partial charge < -0.3 is 15.0 Å². The van der Waals surface area contributed by atoms with Crippen LogP contribution in [-0.2, 0) is 0 Å². The van der Waals surface area contributed by atoms with Gasteiger partial charge in [-0.25, -0.2) is 4.79 Å². The second-order valence-corrected chi connectivity index (χ2v) is 5.76. The van der Waals surface area contributed by atoms with Gasteiger partial charge in [0.15, 0.2) is 0 Å². The number of hydrogen-bond acceptors (Lipinski definition) is 3. The molecule has 0 bridgehead atoms. The zero-order valence-electron chi connectivity index (χ0n) is 11.8. The molecule has 1 saturated carbocycles. The second kappa shape index (κ2) is 6.27. The first-order valence-corrected chi connectivity index (χ1v) is 7.57. The van der Waals surface area contributed by atoms with Crippen LogP contribution < -0.4 is 10.1 Å². The average molecular weight is 274 g/mol. The fourth-order valence-electron chi connectivity index (χ4n) is 2.75. The van der Waals surface area contributed by atoms with E-state index < -0.39 is 0 Å². The van der Waals surface area contributed by atoms with Gasteiger partial charge in [-0.15, -0.1) is 0 Å². The minimum Gasteiger partial charge on any atom is -0.410 e. The lowest BCUT2D eigenvalue weighted by Crippen LogP contribution is -2.41. The molecule has 0 atom stereocenters. The van der Waals surface area contributed by atoms with Gasteiger partial charge in [0.25, 0.3) is 0 Å². The highest BCUT2D eigenvalue weighted by atomic mass is 16.6. The lowest BCUT2D eigenvalue weighted by Gasteiger charge is -2.29. The number of carbonyl (C=O) groups excluding carboxylic acids is 1. The second-order valence-electron chi connectivity index (χ2n) is 5.76. The smallest absolute Gasteiger partial charge is 0.410 e. The van der Waals surface area contributed by atoms with Crippen molar-refractivity contribution in [2.45, 2.75) is 31.7 Å². The van der Waals surface area contributed by atoms with Gasteiger partial charge in [0.1, 0.15) is 5.75 Å². The molecule has 1 aromatic rings. The van der Waals surface area contributed by atoms with E-state index in [9.17, 15) is 4.79 Å². The van der Waals surface area contributed by atoms with Crippen molar-refractivity contribution in [3.05, 3.63) is 30.3 Å². The molecule has 1 heterocycles. The molecule has 20 heavy (non-hydrogen) atoms. The number of rotatable bonds is 4. The molecule has 1 N–H and O–H groups in total. The number of amides is 1. The fraction of sp³-hybridized carbons (Fsp3) is 0.562. The van der Waals surface area contributed by atoms with Gasteiger partial charge in [-0.2, -0.15) is 0 Å². The van der Waals surface area contributed by atoms with E-state index in [0.717, 1.165) is 45.3 Å². The highest BCUT2D eigenvalue weighted by Crippen LogP contribution is 2.29. The van der Waals surface area contributed by atoms with Crippen LogP contribution in [0.1, 0.15) is 25.7 Å². The Morgan fingerprint density at radius 2 is 1.85 bits per heavy atom. The first-order valence-electron chi connectivity index (χ1n) is 7.57. The molecule has 2 aliphatic rings. The minimum atomic E-state index is -0.183. The summed E-state index contributed by atoms with van der Waals surface area (Å²) in [4.78, 5) is 14.3. The molecule has 4 nitrogen and oxygen atoms in total. The van der Waals surface area contributed by atoms with Crippen molar-refractivity contribution in [1.29, 1.82) is 0 Å². The van der Waals surface area contributed by atoms with Gasteiger partial charge in [-0.05, 0) is 56.8 Å². The molecule has 108 valence electrons. The van der Waals surface area contributed by atoms with E-state index in [4.69, 9.17) is 4.74 Å². The Labute approximate surface area is 120 Å². The van der Waals surface area contributed by atoms with Gasteiger partial charge in [0.05, 0.1) is 0 Å². The van der Waals surface area contributed by atoms with Crippen LogP contribution in [0.15, 0.2) is 30.3 Å². The number of hydrogen-bond donors (Lipinski definition) is 1. The number of piperidine rings is 1. The van der Waals surface area contributed by atoms with Crippen LogP contribution in [-0.4, -0.2) is 36.7 Å².